The third-order valence-electron chi connectivity index (χ3n) is 5.27. The number of anilines is 4. The van der Waals surface area contributed by atoms with Crippen molar-refractivity contribution in [1.29, 1.82) is 0 Å². The van der Waals surface area contributed by atoms with Crippen LogP contribution >= 0.6 is 0 Å². The molecular formula is C21H24FN7O2S. The molecule has 0 unspecified atom stereocenters. The zero-order chi connectivity index (χ0) is 22.7. The lowest BCUT2D eigenvalue weighted by molar-refractivity contribution is 0.587. The number of aryl methyl sites for hydroxylation is 1. The largest absolute Gasteiger partial charge is 0.393 e. The molecule has 3 aromatic rings. The van der Waals surface area contributed by atoms with Gasteiger partial charge in [-0.1, -0.05) is 29.8 Å². The number of hydrogen-bond donors (Lipinski definition) is 3. The summed E-state index contributed by atoms with van der Waals surface area (Å²) in [6, 6.07) is 13.1. The van der Waals surface area contributed by atoms with Crippen LogP contribution in [0.5, 0.6) is 0 Å². The van der Waals surface area contributed by atoms with Crippen LogP contribution in [0.25, 0.3) is 0 Å². The third kappa shape index (κ3) is 4.58. The minimum Gasteiger partial charge on any atom is -0.393 e. The van der Waals surface area contributed by atoms with Crippen molar-refractivity contribution >= 4 is 33.0 Å². The Balaban J connectivity index is 1.44. The van der Waals surface area contributed by atoms with Crippen LogP contribution in [0.15, 0.2) is 59.8 Å². The van der Waals surface area contributed by atoms with Gasteiger partial charge in [0.05, 0.1) is 10.6 Å². The summed E-state index contributed by atoms with van der Waals surface area (Å²) in [4.78, 5) is 14.7. The van der Waals surface area contributed by atoms with Gasteiger partial charge in [0, 0.05) is 26.2 Å². The highest BCUT2D eigenvalue weighted by molar-refractivity contribution is 7.89. The molecule has 11 heteroatoms. The first-order valence-electron chi connectivity index (χ1n) is 10.0. The molecule has 1 aromatic heterocycles. The maximum Gasteiger partial charge on any atom is 0.257 e. The molecule has 4 rings (SSSR count). The highest BCUT2D eigenvalue weighted by Crippen LogP contribution is 2.28. The number of halogens is 1. The van der Waals surface area contributed by atoms with Crippen LogP contribution in [0, 0.1) is 12.7 Å². The molecule has 0 saturated carbocycles. The second-order valence-corrected chi connectivity index (χ2v) is 9.11. The monoisotopic (exact) mass is 457 g/mol. The van der Waals surface area contributed by atoms with Crippen LogP contribution in [0.4, 0.5) is 27.4 Å². The molecule has 2 aromatic carbocycles. The molecule has 1 aliphatic heterocycles. The van der Waals surface area contributed by atoms with E-state index in [1.54, 1.807) is 24.3 Å². The number of hydrazine groups is 1. The normalized spacial score (nSPS) is 14.4. The summed E-state index contributed by atoms with van der Waals surface area (Å²) in [5.74, 6) is 0.391. The van der Waals surface area contributed by atoms with Gasteiger partial charge in [-0.15, -0.1) is 4.83 Å². The summed E-state index contributed by atoms with van der Waals surface area (Å²) in [7, 11) is -3.80. The van der Waals surface area contributed by atoms with Gasteiger partial charge in [0.2, 0.25) is 0 Å². The van der Waals surface area contributed by atoms with E-state index < -0.39 is 10.0 Å². The van der Waals surface area contributed by atoms with Crippen LogP contribution in [-0.2, 0) is 10.0 Å². The Morgan fingerprint density at radius 2 is 1.62 bits per heavy atom. The van der Waals surface area contributed by atoms with Crippen LogP contribution in [-0.4, -0.2) is 44.6 Å². The van der Waals surface area contributed by atoms with Crippen molar-refractivity contribution in [2.75, 3.05) is 47.1 Å². The quantitative estimate of drug-likeness (QED) is 0.482. The summed E-state index contributed by atoms with van der Waals surface area (Å²) in [6.45, 7) is 4.20. The fourth-order valence-electron chi connectivity index (χ4n) is 3.50. The topological polar surface area (TPSA) is 116 Å². The van der Waals surface area contributed by atoms with Crippen molar-refractivity contribution in [2.45, 2.75) is 11.8 Å². The Bertz CT molecular complexity index is 1200. The average Bonchev–Trinajstić information content (AvgIpc) is 2.79. The van der Waals surface area contributed by atoms with E-state index in [1.165, 1.54) is 24.5 Å². The van der Waals surface area contributed by atoms with E-state index in [0.29, 0.717) is 37.7 Å². The lowest BCUT2D eigenvalue weighted by Gasteiger charge is -2.37. The fourth-order valence-corrected chi connectivity index (χ4v) is 4.34. The van der Waals surface area contributed by atoms with E-state index in [1.807, 2.05) is 22.8 Å². The van der Waals surface area contributed by atoms with Crippen molar-refractivity contribution in [3.05, 3.63) is 66.2 Å². The molecule has 0 amide bonds. The summed E-state index contributed by atoms with van der Waals surface area (Å²) >= 11 is 0. The number of rotatable bonds is 6. The van der Waals surface area contributed by atoms with Gasteiger partial charge in [-0.25, -0.2) is 22.8 Å². The van der Waals surface area contributed by atoms with Crippen molar-refractivity contribution in [1.82, 2.24) is 14.8 Å². The van der Waals surface area contributed by atoms with Crippen LogP contribution in [0.1, 0.15) is 5.56 Å². The molecule has 1 saturated heterocycles. The van der Waals surface area contributed by atoms with Gasteiger partial charge in [-0.3, -0.25) is 5.43 Å². The standard InChI is InChI=1S/C21H24FN7O2S/c1-15-6-8-16(9-7-15)32(30,31)27-26-20-19(23)21(25-14-24-20)29-12-10-28(11-13-29)18-5-3-2-4-17(18)22/h2-9,14,27H,10-13,23H2,1H3,(H,24,25,26). The minimum atomic E-state index is -3.80. The second kappa shape index (κ2) is 8.97. The predicted molar refractivity (Wildman–Crippen MR) is 122 cm³/mol. The van der Waals surface area contributed by atoms with E-state index in [2.05, 4.69) is 20.2 Å². The summed E-state index contributed by atoms with van der Waals surface area (Å²) in [5.41, 5.74) is 10.6. The van der Waals surface area contributed by atoms with Gasteiger partial charge in [-0.2, -0.15) is 0 Å². The summed E-state index contributed by atoms with van der Waals surface area (Å²) in [6.07, 6.45) is 1.32. The Hall–Kier alpha value is -3.44. The molecule has 0 spiro atoms. The second-order valence-electron chi connectivity index (χ2n) is 7.43. The van der Waals surface area contributed by atoms with Gasteiger partial charge in [-0.05, 0) is 31.2 Å². The lowest BCUT2D eigenvalue weighted by atomic mass is 10.2. The lowest BCUT2D eigenvalue weighted by Crippen LogP contribution is -2.47. The number of nitrogens with two attached hydrogens (primary N) is 1. The van der Waals surface area contributed by atoms with Crippen molar-refractivity contribution in [3.63, 3.8) is 0 Å². The number of piperazine rings is 1. The molecule has 0 aliphatic carbocycles. The van der Waals surface area contributed by atoms with E-state index in [4.69, 9.17) is 5.73 Å². The number of para-hydroxylation sites is 1. The highest BCUT2D eigenvalue weighted by Gasteiger charge is 2.23. The number of aromatic nitrogens is 2. The van der Waals surface area contributed by atoms with Gasteiger partial charge >= 0.3 is 0 Å². The Morgan fingerprint density at radius 3 is 2.31 bits per heavy atom. The number of hydrogen-bond acceptors (Lipinski definition) is 8. The van der Waals surface area contributed by atoms with E-state index in [9.17, 15) is 12.8 Å². The molecule has 4 N–H and O–H groups in total. The zero-order valence-electron chi connectivity index (χ0n) is 17.5. The zero-order valence-corrected chi connectivity index (χ0v) is 18.3. The first kappa shape index (κ1) is 21.8. The number of nitrogens with one attached hydrogen (secondary N) is 2. The van der Waals surface area contributed by atoms with Gasteiger partial charge in [0.25, 0.3) is 10.0 Å². The number of benzene rings is 2. The number of sulfonamides is 1. The molecular weight excluding hydrogens is 433 g/mol. The molecule has 2 heterocycles. The Kier molecular flexibility index (Phi) is 6.10. The van der Waals surface area contributed by atoms with E-state index in [-0.39, 0.29) is 22.2 Å². The van der Waals surface area contributed by atoms with Crippen LogP contribution in [0.3, 0.4) is 0 Å². The maximum atomic E-state index is 14.1. The molecule has 32 heavy (non-hydrogen) atoms. The van der Waals surface area contributed by atoms with E-state index >= 15 is 0 Å². The summed E-state index contributed by atoms with van der Waals surface area (Å²) < 4.78 is 39.1. The Morgan fingerprint density at radius 1 is 0.969 bits per heavy atom. The van der Waals surface area contributed by atoms with Gasteiger partial charge < -0.3 is 15.5 Å². The average molecular weight is 458 g/mol. The molecule has 1 fully saturated rings. The number of nitrogens with zero attached hydrogens (tertiary/aromatic N) is 4. The summed E-state index contributed by atoms with van der Waals surface area (Å²) in [5, 5.41) is 0. The fraction of sp³-hybridized carbons (Fsp3) is 0.238. The van der Waals surface area contributed by atoms with Crippen molar-refractivity contribution in [3.8, 4) is 0 Å². The predicted octanol–water partition coefficient (Wildman–Crippen LogP) is 2.14. The first-order chi connectivity index (χ1) is 15.3. The van der Waals surface area contributed by atoms with Crippen molar-refractivity contribution < 1.29 is 12.8 Å². The van der Waals surface area contributed by atoms with E-state index in [0.717, 1.165) is 5.56 Å². The van der Waals surface area contributed by atoms with Crippen LogP contribution < -0.4 is 25.8 Å². The molecule has 0 atom stereocenters. The van der Waals surface area contributed by atoms with Crippen molar-refractivity contribution in [2.24, 2.45) is 0 Å². The minimum absolute atomic E-state index is 0.118. The molecule has 1 aliphatic rings. The number of nitrogen functional groups attached to an aromatic ring is 1. The third-order valence-corrected chi connectivity index (χ3v) is 6.53. The van der Waals surface area contributed by atoms with Crippen LogP contribution in [0.2, 0.25) is 0 Å². The molecule has 168 valence electrons. The van der Waals surface area contributed by atoms with Gasteiger partial charge in [0.1, 0.15) is 17.8 Å². The molecule has 0 radical (unpaired) electrons. The Labute approximate surface area is 186 Å². The highest BCUT2D eigenvalue weighted by atomic mass is 32.2. The first-order valence-corrected chi connectivity index (χ1v) is 11.5. The SMILES string of the molecule is Cc1ccc(S(=O)(=O)NNc2ncnc(N3CCN(c4ccccc4F)CC3)c2N)cc1. The smallest absolute Gasteiger partial charge is 0.257 e. The van der Waals surface area contributed by atoms with Gasteiger partial charge in [0.15, 0.2) is 11.6 Å². The maximum absolute atomic E-state index is 14.1. The molecule has 0 bridgehead atoms. The molecule has 9 nitrogen and oxygen atoms in total.